The normalized spacial score (nSPS) is 16.0. The van der Waals surface area contributed by atoms with E-state index in [-0.39, 0.29) is 24.6 Å². The Kier molecular flexibility index (Phi) is 5.88. The molecular formula is C20H19FN2O5. The minimum absolute atomic E-state index is 0.0115. The second-order valence-corrected chi connectivity index (χ2v) is 6.24. The molecule has 28 heavy (non-hydrogen) atoms. The molecule has 2 aromatic rings. The zero-order valence-corrected chi connectivity index (χ0v) is 15.2. The molecule has 2 amide bonds. The van der Waals surface area contributed by atoms with Crippen LogP contribution in [0.5, 0.6) is 5.75 Å². The number of hydrogen-bond donors (Lipinski definition) is 1. The molecule has 0 bridgehead atoms. The van der Waals surface area contributed by atoms with E-state index in [4.69, 9.17) is 9.47 Å². The number of rotatable bonds is 6. The molecule has 0 saturated carbocycles. The Hall–Kier alpha value is -3.42. The monoisotopic (exact) mass is 386 g/mol. The van der Waals surface area contributed by atoms with Gasteiger partial charge >= 0.3 is 5.97 Å². The van der Waals surface area contributed by atoms with Crippen LogP contribution in [0, 0.1) is 11.7 Å². The quantitative estimate of drug-likeness (QED) is 0.771. The van der Waals surface area contributed by atoms with Crippen molar-refractivity contribution in [2.75, 3.05) is 30.5 Å². The van der Waals surface area contributed by atoms with Crippen LogP contribution in [0.25, 0.3) is 0 Å². The van der Waals surface area contributed by atoms with Crippen LogP contribution in [0.4, 0.5) is 15.8 Å². The predicted molar refractivity (Wildman–Crippen MR) is 99.4 cm³/mol. The third-order valence-corrected chi connectivity index (χ3v) is 4.29. The summed E-state index contributed by atoms with van der Waals surface area (Å²) in [5.74, 6) is -2.10. The molecule has 2 aromatic carbocycles. The van der Waals surface area contributed by atoms with Crippen molar-refractivity contribution in [1.82, 2.24) is 0 Å². The molecular weight excluding hydrogens is 367 g/mol. The van der Waals surface area contributed by atoms with Gasteiger partial charge in [0.1, 0.15) is 11.6 Å². The van der Waals surface area contributed by atoms with Crippen molar-refractivity contribution in [2.45, 2.75) is 6.42 Å². The lowest BCUT2D eigenvalue weighted by molar-refractivity contribution is -0.151. The zero-order valence-electron chi connectivity index (χ0n) is 15.2. The van der Waals surface area contributed by atoms with Gasteiger partial charge in [-0.25, -0.2) is 4.39 Å². The maximum absolute atomic E-state index is 13.1. The molecule has 8 heteroatoms. The smallest absolute Gasteiger partial charge is 0.311 e. The molecule has 0 aliphatic carbocycles. The number of carbonyl (C=O) groups is 3. The fraction of sp³-hybridized carbons (Fsp3) is 0.250. The number of anilines is 2. The number of benzene rings is 2. The Morgan fingerprint density at radius 1 is 1.21 bits per heavy atom. The lowest BCUT2D eigenvalue weighted by Crippen LogP contribution is -2.28. The number of methoxy groups -OCH3 is 1. The van der Waals surface area contributed by atoms with Crippen molar-refractivity contribution in [2.24, 2.45) is 5.92 Å². The Morgan fingerprint density at radius 3 is 2.75 bits per heavy atom. The summed E-state index contributed by atoms with van der Waals surface area (Å²) in [6, 6.07) is 12.4. The van der Waals surface area contributed by atoms with Gasteiger partial charge in [0.2, 0.25) is 5.91 Å². The zero-order chi connectivity index (χ0) is 20.1. The van der Waals surface area contributed by atoms with E-state index in [1.54, 1.807) is 24.3 Å². The van der Waals surface area contributed by atoms with Crippen LogP contribution in [0.3, 0.4) is 0 Å². The highest BCUT2D eigenvalue weighted by Gasteiger charge is 2.37. The van der Waals surface area contributed by atoms with Gasteiger partial charge in [-0.3, -0.25) is 14.4 Å². The number of para-hydroxylation sites is 2. The minimum Gasteiger partial charge on any atom is -0.495 e. The van der Waals surface area contributed by atoms with Crippen molar-refractivity contribution in [3.8, 4) is 5.75 Å². The van der Waals surface area contributed by atoms with Gasteiger partial charge in [-0.2, -0.15) is 0 Å². The Morgan fingerprint density at radius 2 is 2.00 bits per heavy atom. The predicted octanol–water partition coefficient (Wildman–Crippen LogP) is 2.37. The van der Waals surface area contributed by atoms with Crippen molar-refractivity contribution in [1.29, 1.82) is 0 Å². The molecule has 0 unspecified atom stereocenters. The summed E-state index contributed by atoms with van der Waals surface area (Å²) in [4.78, 5) is 37.9. The van der Waals surface area contributed by atoms with Crippen LogP contribution in [0.1, 0.15) is 6.42 Å². The summed E-state index contributed by atoms with van der Waals surface area (Å²) >= 11 is 0. The average Bonchev–Trinajstić information content (AvgIpc) is 3.07. The third kappa shape index (κ3) is 4.46. The van der Waals surface area contributed by atoms with Gasteiger partial charge in [-0.05, 0) is 30.3 Å². The summed E-state index contributed by atoms with van der Waals surface area (Å²) in [5, 5.41) is 2.44. The molecule has 1 aliphatic rings. The molecule has 1 N–H and O–H groups in total. The van der Waals surface area contributed by atoms with Gasteiger partial charge in [0, 0.05) is 18.7 Å². The first kappa shape index (κ1) is 19.3. The number of nitrogens with zero attached hydrogens (tertiary/aromatic N) is 1. The Balaban J connectivity index is 1.55. The third-order valence-electron chi connectivity index (χ3n) is 4.29. The second-order valence-electron chi connectivity index (χ2n) is 6.24. The highest BCUT2D eigenvalue weighted by Crippen LogP contribution is 2.33. The van der Waals surface area contributed by atoms with E-state index in [1.807, 2.05) is 0 Å². The number of ether oxygens (including phenoxy) is 2. The van der Waals surface area contributed by atoms with Gasteiger partial charge in [-0.1, -0.05) is 18.2 Å². The topological polar surface area (TPSA) is 84.9 Å². The number of halogens is 1. The van der Waals surface area contributed by atoms with E-state index in [9.17, 15) is 18.8 Å². The maximum Gasteiger partial charge on any atom is 0.311 e. The van der Waals surface area contributed by atoms with Crippen LogP contribution < -0.4 is 15.0 Å². The fourth-order valence-electron chi connectivity index (χ4n) is 2.97. The molecule has 1 aliphatic heterocycles. The first-order valence-electron chi connectivity index (χ1n) is 8.63. The lowest BCUT2D eigenvalue weighted by Gasteiger charge is -2.19. The van der Waals surface area contributed by atoms with Gasteiger partial charge in [0.05, 0.1) is 18.7 Å². The van der Waals surface area contributed by atoms with E-state index in [0.717, 1.165) is 6.07 Å². The van der Waals surface area contributed by atoms with Gasteiger partial charge in [-0.15, -0.1) is 0 Å². The van der Waals surface area contributed by atoms with Gasteiger partial charge in [0.15, 0.2) is 6.61 Å². The van der Waals surface area contributed by atoms with E-state index >= 15 is 0 Å². The van der Waals surface area contributed by atoms with Crippen LogP contribution >= 0.6 is 0 Å². The second kappa shape index (κ2) is 8.51. The van der Waals surface area contributed by atoms with Crippen LogP contribution in [-0.4, -0.2) is 38.0 Å². The molecule has 0 aromatic heterocycles. The molecule has 3 rings (SSSR count). The average molecular weight is 386 g/mol. The van der Waals surface area contributed by atoms with Crippen molar-refractivity contribution in [3.05, 3.63) is 54.3 Å². The summed E-state index contributed by atoms with van der Waals surface area (Å²) in [6.07, 6.45) is -0.0115. The number of nitrogens with one attached hydrogen (secondary N) is 1. The SMILES string of the molecule is COc1ccccc1N1C[C@@H](C(=O)OCC(=O)Nc2cccc(F)c2)CC1=O. The molecule has 1 saturated heterocycles. The number of esters is 1. The van der Waals surface area contributed by atoms with Crippen molar-refractivity contribution < 1.29 is 28.2 Å². The van der Waals surface area contributed by atoms with Gasteiger partial charge in [0.25, 0.3) is 5.91 Å². The van der Waals surface area contributed by atoms with E-state index in [0.29, 0.717) is 11.4 Å². The number of amides is 2. The lowest BCUT2D eigenvalue weighted by atomic mass is 10.1. The first-order valence-corrected chi connectivity index (χ1v) is 8.63. The largest absolute Gasteiger partial charge is 0.495 e. The van der Waals surface area contributed by atoms with Crippen molar-refractivity contribution >= 4 is 29.2 Å². The molecule has 1 fully saturated rings. The molecule has 7 nitrogen and oxygen atoms in total. The molecule has 146 valence electrons. The number of hydrogen-bond acceptors (Lipinski definition) is 5. The molecule has 1 atom stereocenters. The Bertz CT molecular complexity index is 902. The van der Waals surface area contributed by atoms with E-state index in [2.05, 4.69) is 5.32 Å². The summed E-state index contributed by atoms with van der Waals surface area (Å²) in [6.45, 7) is -0.377. The maximum atomic E-state index is 13.1. The van der Waals surface area contributed by atoms with Gasteiger partial charge < -0.3 is 19.7 Å². The fourth-order valence-corrected chi connectivity index (χ4v) is 2.97. The van der Waals surface area contributed by atoms with Crippen LogP contribution in [0.15, 0.2) is 48.5 Å². The first-order chi connectivity index (χ1) is 13.5. The Labute approximate surface area is 161 Å². The molecule has 0 spiro atoms. The minimum atomic E-state index is -0.681. The van der Waals surface area contributed by atoms with Crippen molar-refractivity contribution in [3.63, 3.8) is 0 Å². The summed E-state index contributed by atoms with van der Waals surface area (Å²) in [7, 11) is 1.50. The van der Waals surface area contributed by atoms with Crippen LogP contribution in [0.2, 0.25) is 0 Å². The van der Waals surface area contributed by atoms with Crippen LogP contribution in [-0.2, 0) is 19.1 Å². The molecule has 1 heterocycles. The highest BCUT2D eigenvalue weighted by atomic mass is 19.1. The molecule has 0 radical (unpaired) electrons. The highest BCUT2D eigenvalue weighted by molar-refractivity contribution is 6.01. The number of carbonyl (C=O) groups excluding carboxylic acids is 3. The summed E-state index contributed by atoms with van der Waals surface area (Å²) < 4.78 is 23.4. The van der Waals surface area contributed by atoms with E-state index < -0.39 is 30.2 Å². The summed E-state index contributed by atoms with van der Waals surface area (Å²) in [5.41, 5.74) is 0.841. The van der Waals surface area contributed by atoms with E-state index in [1.165, 1.54) is 30.2 Å². The standard InChI is InChI=1S/C20H19FN2O5/c1-27-17-8-3-2-7-16(17)23-11-13(9-19(23)25)20(26)28-12-18(24)22-15-6-4-5-14(21)10-15/h2-8,10,13H,9,11-12H2,1H3,(H,22,24)/t13-/m0/s1.